The molecule has 0 bridgehead atoms. The maximum atomic E-state index is 5.77. The number of hydrogen-bond acceptors (Lipinski definition) is 3. The van der Waals surface area contributed by atoms with Crippen LogP contribution in [0.15, 0.2) is 58.5 Å². The lowest BCUT2D eigenvalue weighted by Gasteiger charge is -2.11. The summed E-state index contributed by atoms with van der Waals surface area (Å²) in [6.07, 6.45) is 1.76. The SMILES string of the molecule is CN=C(NCCSc1ccccc1)NCc1ccc(Cl)nc1. The van der Waals surface area contributed by atoms with E-state index in [1.807, 2.05) is 23.9 Å². The van der Waals surface area contributed by atoms with Gasteiger partial charge in [0.25, 0.3) is 0 Å². The molecule has 0 aliphatic heterocycles. The Kier molecular flexibility index (Phi) is 7.06. The lowest BCUT2D eigenvalue weighted by Crippen LogP contribution is -2.37. The van der Waals surface area contributed by atoms with Crippen LogP contribution in [0.4, 0.5) is 0 Å². The maximum absolute atomic E-state index is 5.77. The van der Waals surface area contributed by atoms with Gasteiger partial charge in [0.05, 0.1) is 0 Å². The van der Waals surface area contributed by atoms with E-state index in [-0.39, 0.29) is 0 Å². The Morgan fingerprint density at radius 1 is 1.18 bits per heavy atom. The van der Waals surface area contributed by atoms with Crippen LogP contribution in [-0.2, 0) is 6.54 Å². The van der Waals surface area contributed by atoms with Gasteiger partial charge in [-0.25, -0.2) is 4.98 Å². The highest BCUT2D eigenvalue weighted by atomic mass is 35.5. The molecule has 0 spiro atoms. The van der Waals surface area contributed by atoms with Gasteiger partial charge in [0.15, 0.2) is 5.96 Å². The second-order valence-electron chi connectivity index (χ2n) is 4.50. The highest BCUT2D eigenvalue weighted by molar-refractivity contribution is 7.99. The van der Waals surface area contributed by atoms with E-state index in [2.05, 4.69) is 44.9 Å². The first-order chi connectivity index (χ1) is 10.8. The van der Waals surface area contributed by atoms with Gasteiger partial charge in [0, 0.05) is 37.0 Å². The Hall–Kier alpha value is -1.72. The number of hydrogen-bond donors (Lipinski definition) is 2. The summed E-state index contributed by atoms with van der Waals surface area (Å²) < 4.78 is 0. The molecule has 1 heterocycles. The normalized spacial score (nSPS) is 11.3. The van der Waals surface area contributed by atoms with E-state index in [0.29, 0.717) is 11.7 Å². The molecule has 6 heteroatoms. The Balaban J connectivity index is 1.68. The molecule has 22 heavy (non-hydrogen) atoms. The van der Waals surface area contributed by atoms with Crippen molar-refractivity contribution in [2.24, 2.45) is 4.99 Å². The number of guanidine groups is 1. The lowest BCUT2D eigenvalue weighted by molar-refractivity contribution is 0.829. The van der Waals surface area contributed by atoms with Crippen LogP contribution in [0.3, 0.4) is 0 Å². The molecule has 0 aliphatic carbocycles. The van der Waals surface area contributed by atoms with Gasteiger partial charge in [0.2, 0.25) is 0 Å². The number of aliphatic imine (C=N–C) groups is 1. The van der Waals surface area contributed by atoms with E-state index in [1.165, 1.54) is 4.90 Å². The molecule has 0 atom stereocenters. The van der Waals surface area contributed by atoms with Crippen molar-refractivity contribution in [1.29, 1.82) is 0 Å². The molecular formula is C16H19ClN4S. The summed E-state index contributed by atoms with van der Waals surface area (Å²) in [7, 11) is 1.76. The third kappa shape index (κ3) is 5.95. The molecule has 2 aromatic rings. The van der Waals surface area contributed by atoms with E-state index in [4.69, 9.17) is 11.6 Å². The van der Waals surface area contributed by atoms with Gasteiger partial charge in [-0.05, 0) is 23.8 Å². The zero-order valence-electron chi connectivity index (χ0n) is 12.4. The third-order valence-electron chi connectivity index (χ3n) is 2.88. The average Bonchev–Trinajstić information content (AvgIpc) is 2.57. The third-order valence-corrected chi connectivity index (χ3v) is 4.12. The van der Waals surface area contributed by atoms with E-state index in [0.717, 1.165) is 23.8 Å². The van der Waals surface area contributed by atoms with E-state index < -0.39 is 0 Å². The fraction of sp³-hybridized carbons (Fsp3) is 0.250. The first kappa shape index (κ1) is 16.6. The van der Waals surface area contributed by atoms with Crippen LogP contribution in [0, 0.1) is 0 Å². The Morgan fingerprint density at radius 2 is 2.00 bits per heavy atom. The van der Waals surface area contributed by atoms with Crippen molar-refractivity contribution in [1.82, 2.24) is 15.6 Å². The second-order valence-corrected chi connectivity index (χ2v) is 6.06. The average molecular weight is 335 g/mol. The minimum absolute atomic E-state index is 0.504. The first-order valence-electron chi connectivity index (χ1n) is 7.01. The summed E-state index contributed by atoms with van der Waals surface area (Å²) in [5.41, 5.74) is 1.06. The zero-order chi connectivity index (χ0) is 15.6. The number of nitrogens with zero attached hydrogens (tertiary/aromatic N) is 2. The van der Waals surface area contributed by atoms with Crippen LogP contribution in [0.5, 0.6) is 0 Å². The van der Waals surface area contributed by atoms with Crippen molar-refractivity contribution in [3.8, 4) is 0 Å². The summed E-state index contributed by atoms with van der Waals surface area (Å²) in [4.78, 5) is 9.53. The fourth-order valence-electron chi connectivity index (χ4n) is 1.77. The molecule has 0 fully saturated rings. The Bertz CT molecular complexity index is 587. The molecule has 0 unspecified atom stereocenters. The molecule has 116 valence electrons. The van der Waals surface area contributed by atoms with Gasteiger partial charge in [-0.2, -0.15) is 0 Å². The number of aromatic nitrogens is 1. The molecule has 2 N–H and O–H groups in total. The Labute approximate surface area is 140 Å². The maximum Gasteiger partial charge on any atom is 0.191 e. The summed E-state index contributed by atoms with van der Waals surface area (Å²) in [5.74, 6) is 1.76. The lowest BCUT2D eigenvalue weighted by atomic mass is 10.3. The molecule has 4 nitrogen and oxygen atoms in total. The smallest absolute Gasteiger partial charge is 0.191 e. The summed E-state index contributed by atoms with van der Waals surface area (Å²) in [6, 6.07) is 14.1. The van der Waals surface area contributed by atoms with Crippen molar-refractivity contribution in [2.75, 3.05) is 19.3 Å². The van der Waals surface area contributed by atoms with Gasteiger partial charge >= 0.3 is 0 Å². The number of benzene rings is 1. The molecule has 2 rings (SSSR count). The second kappa shape index (κ2) is 9.33. The van der Waals surface area contributed by atoms with Crippen LogP contribution in [0.2, 0.25) is 5.15 Å². The number of pyridine rings is 1. The minimum Gasteiger partial charge on any atom is -0.356 e. The van der Waals surface area contributed by atoms with Crippen LogP contribution < -0.4 is 10.6 Å². The first-order valence-corrected chi connectivity index (χ1v) is 8.37. The van der Waals surface area contributed by atoms with Gasteiger partial charge in [-0.15, -0.1) is 11.8 Å². The van der Waals surface area contributed by atoms with Crippen molar-refractivity contribution in [2.45, 2.75) is 11.4 Å². The predicted molar refractivity (Wildman–Crippen MR) is 94.6 cm³/mol. The molecule has 0 saturated carbocycles. The Morgan fingerprint density at radius 3 is 2.68 bits per heavy atom. The standard InChI is InChI=1S/C16H19ClN4S/c1-18-16(21-12-13-7-8-15(17)20-11-13)19-9-10-22-14-5-3-2-4-6-14/h2-8,11H,9-10,12H2,1H3,(H2,18,19,21). The largest absolute Gasteiger partial charge is 0.356 e. The van der Waals surface area contributed by atoms with Gasteiger partial charge in [-0.3, -0.25) is 4.99 Å². The molecule has 1 aromatic heterocycles. The van der Waals surface area contributed by atoms with Gasteiger partial charge in [0.1, 0.15) is 5.15 Å². The topological polar surface area (TPSA) is 49.3 Å². The van der Waals surface area contributed by atoms with Crippen LogP contribution in [-0.4, -0.2) is 30.3 Å². The van der Waals surface area contributed by atoms with Crippen molar-refractivity contribution < 1.29 is 0 Å². The summed E-state index contributed by atoms with van der Waals surface area (Å²) in [6.45, 7) is 1.51. The van der Waals surface area contributed by atoms with Crippen LogP contribution in [0.1, 0.15) is 5.56 Å². The molecule has 0 radical (unpaired) electrons. The number of thioether (sulfide) groups is 1. The molecular weight excluding hydrogens is 316 g/mol. The fourth-order valence-corrected chi connectivity index (χ4v) is 2.67. The summed E-state index contributed by atoms with van der Waals surface area (Å²) in [5, 5.41) is 7.05. The number of nitrogens with one attached hydrogen (secondary N) is 2. The highest BCUT2D eigenvalue weighted by Gasteiger charge is 1.99. The van der Waals surface area contributed by atoms with Crippen LogP contribution in [0.25, 0.3) is 0 Å². The molecule has 0 saturated heterocycles. The summed E-state index contributed by atoms with van der Waals surface area (Å²) >= 11 is 7.59. The predicted octanol–water partition coefficient (Wildman–Crippen LogP) is 3.19. The number of halogens is 1. The monoisotopic (exact) mass is 334 g/mol. The van der Waals surface area contributed by atoms with Crippen molar-refractivity contribution >= 4 is 29.3 Å². The van der Waals surface area contributed by atoms with Crippen molar-refractivity contribution in [3.05, 3.63) is 59.4 Å². The number of rotatable bonds is 6. The molecule has 0 aliphatic rings. The highest BCUT2D eigenvalue weighted by Crippen LogP contribution is 2.15. The van der Waals surface area contributed by atoms with Crippen LogP contribution >= 0.6 is 23.4 Å². The van der Waals surface area contributed by atoms with E-state index >= 15 is 0 Å². The molecule has 0 amide bonds. The molecule has 1 aromatic carbocycles. The van der Waals surface area contributed by atoms with E-state index in [9.17, 15) is 0 Å². The zero-order valence-corrected chi connectivity index (χ0v) is 14.0. The van der Waals surface area contributed by atoms with Crippen molar-refractivity contribution in [3.63, 3.8) is 0 Å². The quantitative estimate of drug-likeness (QED) is 0.280. The van der Waals surface area contributed by atoms with Gasteiger partial charge in [-0.1, -0.05) is 35.9 Å². The van der Waals surface area contributed by atoms with Gasteiger partial charge < -0.3 is 10.6 Å². The van der Waals surface area contributed by atoms with E-state index in [1.54, 1.807) is 19.3 Å². The minimum atomic E-state index is 0.504.